The number of carbonyl (C=O) groups excluding carboxylic acids is 2. The fraction of sp³-hybridized carbons (Fsp3) is 0.269. The molecule has 1 aliphatic rings. The number of fused-ring (bicyclic) bond motifs is 1. The minimum atomic E-state index is -0.251. The number of anilines is 1. The maximum absolute atomic E-state index is 13.1. The molecule has 1 aliphatic heterocycles. The predicted molar refractivity (Wildman–Crippen MR) is 135 cm³/mol. The van der Waals surface area contributed by atoms with Gasteiger partial charge in [0.2, 0.25) is 11.9 Å². The van der Waals surface area contributed by atoms with Crippen LogP contribution in [0.15, 0.2) is 48.7 Å². The van der Waals surface area contributed by atoms with Gasteiger partial charge in [0.05, 0.1) is 42.6 Å². The number of nitrogens with one attached hydrogen (secondary N) is 2. The Kier molecular flexibility index (Phi) is 7.66. The second kappa shape index (κ2) is 11.1. The molecule has 0 aliphatic carbocycles. The number of hydrogen-bond donors (Lipinski definition) is 2. The van der Waals surface area contributed by atoms with Gasteiger partial charge in [-0.1, -0.05) is 35.9 Å². The van der Waals surface area contributed by atoms with Gasteiger partial charge >= 0.3 is 0 Å². The highest BCUT2D eigenvalue weighted by Gasteiger charge is 2.29. The zero-order valence-electron chi connectivity index (χ0n) is 19.9. The highest BCUT2D eigenvalue weighted by molar-refractivity contribution is 6.33. The summed E-state index contributed by atoms with van der Waals surface area (Å²) in [4.78, 5) is 35.9. The molecule has 9 nitrogen and oxygen atoms in total. The molecule has 0 saturated carbocycles. The van der Waals surface area contributed by atoms with Crippen LogP contribution in [-0.2, 0) is 11.3 Å². The van der Waals surface area contributed by atoms with E-state index in [9.17, 15) is 9.59 Å². The van der Waals surface area contributed by atoms with Gasteiger partial charge < -0.3 is 20.3 Å². The number of benzene rings is 2. The summed E-state index contributed by atoms with van der Waals surface area (Å²) in [6, 6.07) is 14.7. The van der Waals surface area contributed by atoms with Gasteiger partial charge in [-0.3, -0.25) is 9.59 Å². The second-order valence-corrected chi connectivity index (χ2v) is 8.73. The summed E-state index contributed by atoms with van der Waals surface area (Å²) >= 11 is 6.33. The third kappa shape index (κ3) is 5.56. The molecular formula is C26H25ClN6O3. The van der Waals surface area contributed by atoms with E-state index in [-0.39, 0.29) is 24.4 Å². The molecule has 36 heavy (non-hydrogen) atoms. The van der Waals surface area contributed by atoms with Crippen LogP contribution in [-0.4, -0.2) is 46.9 Å². The van der Waals surface area contributed by atoms with Crippen LogP contribution in [0.2, 0.25) is 5.02 Å². The zero-order valence-corrected chi connectivity index (χ0v) is 20.7. The van der Waals surface area contributed by atoms with Crippen molar-refractivity contribution >= 4 is 29.4 Å². The van der Waals surface area contributed by atoms with Crippen LogP contribution in [0.5, 0.6) is 5.75 Å². The number of nitrogens with zero attached hydrogens (tertiary/aromatic N) is 4. The monoisotopic (exact) mass is 504 g/mol. The first kappa shape index (κ1) is 24.9. The van der Waals surface area contributed by atoms with Gasteiger partial charge in [-0.2, -0.15) is 5.26 Å². The number of rotatable bonds is 9. The van der Waals surface area contributed by atoms with E-state index in [1.807, 2.05) is 49.4 Å². The van der Waals surface area contributed by atoms with Crippen LogP contribution in [0.3, 0.4) is 0 Å². The average Bonchev–Trinajstić information content (AvgIpc) is 3.19. The van der Waals surface area contributed by atoms with Crippen LogP contribution in [0.25, 0.3) is 11.3 Å². The molecule has 0 bridgehead atoms. The molecule has 1 aromatic heterocycles. The molecule has 1 atom stereocenters. The minimum Gasteiger partial charge on any atom is -0.497 e. The Morgan fingerprint density at radius 2 is 2.14 bits per heavy atom. The molecule has 2 N–H and O–H groups in total. The molecule has 3 aromatic rings. The summed E-state index contributed by atoms with van der Waals surface area (Å²) in [5, 5.41) is 15.0. The Hall–Kier alpha value is -4.16. The Morgan fingerprint density at radius 1 is 1.31 bits per heavy atom. The molecule has 2 amide bonds. The van der Waals surface area contributed by atoms with Gasteiger partial charge in [0.15, 0.2) is 0 Å². The predicted octanol–water partition coefficient (Wildman–Crippen LogP) is 3.96. The third-order valence-corrected chi connectivity index (χ3v) is 6.11. The number of ether oxygens (including phenoxy) is 1. The number of hydrogen-bond acceptors (Lipinski definition) is 7. The van der Waals surface area contributed by atoms with E-state index >= 15 is 0 Å². The SMILES string of the molecule is COc1cccc(C(C)NC(=O)CN2Cc3ccc(-c4nc(NCCC#N)ncc4Cl)cc3C2=O)c1. The fourth-order valence-corrected chi connectivity index (χ4v) is 4.18. The van der Waals surface area contributed by atoms with E-state index in [4.69, 9.17) is 21.6 Å². The zero-order chi connectivity index (χ0) is 25.7. The number of aromatic nitrogens is 2. The lowest BCUT2D eigenvalue weighted by atomic mass is 10.0. The van der Waals surface area contributed by atoms with Gasteiger partial charge in [-0.15, -0.1) is 0 Å². The molecule has 0 saturated heterocycles. The Balaban J connectivity index is 1.44. The van der Waals surface area contributed by atoms with Crippen LogP contribution >= 0.6 is 11.6 Å². The van der Waals surface area contributed by atoms with Crippen molar-refractivity contribution in [2.75, 3.05) is 25.5 Å². The number of halogens is 1. The molecule has 0 spiro atoms. The summed E-state index contributed by atoms with van der Waals surface area (Å²) in [6.45, 7) is 2.58. The van der Waals surface area contributed by atoms with Gasteiger partial charge in [0.25, 0.3) is 5.91 Å². The summed E-state index contributed by atoms with van der Waals surface area (Å²) in [5.41, 5.74) is 3.39. The van der Waals surface area contributed by atoms with Crippen molar-refractivity contribution in [1.29, 1.82) is 5.26 Å². The second-order valence-electron chi connectivity index (χ2n) is 8.32. The van der Waals surface area contributed by atoms with Crippen molar-refractivity contribution in [2.45, 2.75) is 25.9 Å². The number of methoxy groups -OCH3 is 1. The maximum atomic E-state index is 13.1. The van der Waals surface area contributed by atoms with E-state index in [2.05, 4.69) is 20.6 Å². The van der Waals surface area contributed by atoms with Gasteiger partial charge in [0.1, 0.15) is 12.3 Å². The molecule has 0 fully saturated rings. The smallest absolute Gasteiger partial charge is 0.254 e. The van der Waals surface area contributed by atoms with Crippen LogP contribution < -0.4 is 15.4 Å². The lowest BCUT2D eigenvalue weighted by Gasteiger charge is -2.19. The summed E-state index contributed by atoms with van der Waals surface area (Å²) < 4.78 is 5.25. The quantitative estimate of drug-likeness (QED) is 0.423. The van der Waals surface area contributed by atoms with Crippen LogP contribution in [0, 0.1) is 11.3 Å². The van der Waals surface area contributed by atoms with E-state index < -0.39 is 0 Å². The first-order valence-electron chi connectivity index (χ1n) is 11.4. The van der Waals surface area contributed by atoms with E-state index in [0.717, 1.165) is 11.1 Å². The number of nitriles is 1. The van der Waals surface area contributed by atoms with Crippen molar-refractivity contribution in [3.8, 4) is 23.1 Å². The van der Waals surface area contributed by atoms with Crippen LogP contribution in [0.1, 0.15) is 40.9 Å². The maximum Gasteiger partial charge on any atom is 0.254 e. The lowest BCUT2D eigenvalue weighted by molar-refractivity contribution is -0.122. The third-order valence-electron chi connectivity index (χ3n) is 5.83. The van der Waals surface area contributed by atoms with Gasteiger partial charge in [-0.25, -0.2) is 9.97 Å². The van der Waals surface area contributed by atoms with E-state index in [0.29, 0.717) is 53.1 Å². The molecule has 2 aromatic carbocycles. The van der Waals surface area contributed by atoms with Crippen LogP contribution in [0.4, 0.5) is 5.95 Å². The van der Waals surface area contributed by atoms with Crippen molar-refractivity contribution in [3.05, 3.63) is 70.4 Å². The van der Waals surface area contributed by atoms with E-state index in [1.165, 1.54) is 11.1 Å². The summed E-state index contributed by atoms with van der Waals surface area (Å²) in [5.74, 6) is 0.579. The molecule has 0 radical (unpaired) electrons. The summed E-state index contributed by atoms with van der Waals surface area (Å²) in [7, 11) is 1.59. The van der Waals surface area contributed by atoms with E-state index in [1.54, 1.807) is 13.2 Å². The standard InChI is InChI=1S/C26H25ClN6O3/c1-16(17-5-3-6-20(11-17)36-2)31-23(34)15-33-14-19-8-7-18(12-21(19)25(33)35)24-22(27)13-30-26(32-24)29-10-4-9-28/h3,5-8,11-13,16H,4,10,14-15H2,1-2H3,(H,31,34)(H,29,30,32). The number of carbonyl (C=O) groups is 2. The number of amides is 2. The molecule has 2 heterocycles. The highest BCUT2D eigenvalue weighted by Crippen LogP contribution is 2.31. The minimum absolute atomic E-state index is 0.0572. The largest absolute Gasteiger partial charge is 0.497 e. The Labute approximate surface area is 214 Å². The van der Waals surface area contributed by atoms with Crippen molar-refractivity contribution in [3.63, 3.8) is 0 Å². The van der Waals surface area contributed by atoms with Crippen molar-refractivity contribution in [2.24, 2.45) is 0 Å². The molecule has 4 rings (SSSR count). The normalized spacial score (nSPS) is 13.1. The Bertz CT molecular complexity index is 1340. The first-order chi connectivity index (χ1) is 17.4. The lowest BCUT2D eigenvalue weighted by Crippen LogP contribution is -2.38. The van der Waals surface area contributed by atoms with Crippen molar-refractivity contribution < 1.29 is 14.3 Å². The topological polar surface area (TPSA) is 120 Å². The highest BCUT2D eigenvalue weighted by atomic mass is 35.5. The molecular weight excluding hydrogens is 480 g/mol. The van der Waals surface area contributed by atoms with Crippen molar-refractivity contribution in [1.82, 2.24) is 20.2 Å². The summed E-state index contributed by atoms with van der Waals surface area (Å²) in [6.07, 6.45) is 1.80. The molecule has 184 valence electrons. The van der Waals surface area contributed by atoms with Gasteiger partial charge in [-0.05, 0) is 36.2 Å². The molecule has 1 unspecified atom stereocenters. The van der Waals surface area contributed by atoms with Gasteiger partial charge in [0, 0.05) is 24.2 Å². The molecule has 10 heteroatoms. The Morgan fingerprint density at radius 3 is 2.92 bits per heavy atom. The first-order valence-corrected chi connectivity index (χ1v) is 11.8. The fourth-order valence-electron chi connectivity index (χ4n) is 3.98. The average molecular weight is 505 g/mol.